The van der Waals surface area contributed by atoms with Crippen molar-refractivity contribution in [1.29, 1.82) is 0 Å². The van der Waals surface area contributed by atoms with E-state index in [0.717, 1.165) is 5.39 Å². The number of anilines is 1. The minimum absolute atomic E-state index is 0.0235. The van der Waals surface area contributed by atoms with Gasteiger partial charge in [0.05, 0.1) is 16.9 Å². The number of hydrogen-bond donors (Lipinski definition) is 1. The van der Waals surface area contributed by atoms with E-state index in [2.05, 4.69) is 14.8 Å². The Labute approximate surface area is 132 Å². The van der Waals surface area contributed by atoms with E-state index < -0.39 is 10.0 Å². The Kier molecular flexibility index (Phi) is 3.54. The third kappa shape index (κ3) is 2.42. The summed E-state index contributed by atoms with van der Waals surface area (Å²) in [5.74, 6) is 0. The maximum Gasteiger partial charge on any atom is 0.266 e. The zero-order valence-electron chi connectivity index (χ0n) is 11.9. The summed E-state index contributed by atoms with van der Waals surface area (Å²) in [7, 11) is -2.26. The van der Waals surface area contributed by atoms with Crippen LogP contribution in [-0.4, -0.2) is 23.2 Å². The van der Waals surface area contributed by atoms with Crippen LogP contribution >= 0.6 is 11.6 Å². The van der Waals surface area contributed by atoms with Crippen molar-refractivity contribution in [2.24, 2.45) is 7.05 Å². The minimum atomic E-state index is -3.85. The molecular formula is C14H13ClN4O2S. The van der Waals surface area contributed by atoms with Crippen LogP contribution in [0, 0.1) is 6.92 Å². The highest BCUT2D eigenvalue weighted by molar-refractivity contribution is 7.93. The molecule has 0 saturated heterocycles. The molecule has 3 rings (SSSR count). The van der Waals surface area contributed by atoms with Gasteiger partial charge in [-0.2, -0.15) is 5.10 Å². The highest BCUT2D eigenvalue weighted by Gasteiger charge is 2.25. The molecule has 6 nitrogen and oxygen atoms in total. The number of sulfonamides is 1. The van der Waals surface area contributed by atoms with Gasteiger partial charge in [-0.05, 0) is 19.1 Å². The van der Waals surface area contributed by atoms with Crippen LogP contribution in [0.1, 0.15) is 5.69 Å². The fourth-order valence-corrected chi connectivity index (χ4v) is 4.12. The summed E-state index contributed by atoms with van der Waals surface area (Å²) in [6.45, 7) is 1.60. The van der Waals surface area contributed by atoms with E-state index in [9.17, 15) is 8.42 Å². The number of hydrogen-bond acceptors (Lipinski definition) is 4. The SMILES string of the molecule is Cc1nn(C)c(Cl)c1S(=O)(=O)Nc1cccc2cccnc12. The summed E-state index contributed by atoms with van der Waals surface area (Å²) in [5, 5.41) is 4.94. The molecule has 0 fully saturated rings. The van der Waals surface area contributed by atoms with Gasteiger partial charge in [0, 0.05) is 18.6 Å². The first-order valence-corrected chi connectivity index (χ1v) is 8.32. The number of pyridine rings is 1. The lowest BCUT2D eigenvalue weighted by Gasteiger charge is -2.10. The van der Waals surface area contributed by atoms with E-state index in [1.54, 1.807) is 38.4 Å². The fraction of sp³-hybridized carbons (Fsp3) is 0.143. The van der Waals surface area contributed by atoms with E-state index in [1.807, 2.05) is 12.1 Å². The Morgan fingerprint density at radius 3 is 2.64 bits per heavy atom. The summed E-state index contributed by atoms with van der Waals surface area (Å²) < 4.78 is 29.1. The molecule has 8 heteroatoms. The minimum Gasteiger partial charge on any atom is -0.277 e. The van der Waals surface area contributed by atoms with Crippen molar-refractivity contribution in [2.45, 2.75) is 11.8 Å². The molecule has 114 valence electrons. The van der Waals surface area contributed by atoms with Gasteiger partial charge in [0.2, 0.25) is 0 Å². The molecular weight excluding hydrogens is 324 g/mol. The van der Waals surface area contributed by atoms with E-state index in [1.165, 1.54) is 4.68 Å². The van der Waals surface area contributed by atoms with Crippen molar-refractivity contribution in [1.82, 2.24) is 14.8 Å². The van der Waals surface area contributed by atoms with Crippen LogP contribution in [0.25, 0.3) is 10.9 Å². The average molecular weight is 337 g/mol. The van der Waals surface area contributed by atoms with Crippen LogP contribution in [0.15, 0.2) is 41.4 Å². The Hall–Kier alpha value is -2.12. The van der Waals surface area contributed by atoms with Crippen molar-refractivity contribution in [3.63, 3.8) is 0 Å². The van der Waals surface area contributed by atoms with Gasteiger partial charge in [0.1, 0.15) is 10.0 Å². The van der Waals surface area contributed by atoms with Gasteiger partial charge in [-0.3, -0.25) is 14.4 Å². The molecule has 0 radical (unpaired) electrons. The zero-order chi connectivity index (χ0) is 15.9. The molecule has 0 atom stereocenters. The van der Waals surface area contributed by atoms with Gasteiger partial charge in [-0.25, -0.2) is 8.42 Å². The fourth-order valence-electron chi connectivity index (χ4n) is 2.30. The first-order valence-electron chi connectivity index (χ1n) is 6.46. The third-order valence-electron chi connectivity index (χ3n) is 3.25. The van der Waals surface area contributed by atoms with Crippen LogP contribution < -0.4 is 4.72 Å². The van der Waals surface area contributed by atoms with Gasteiger partial charge in [0.15, 0.2) is 0 Å². The lowest BCUT2D eigenvalue weighted by Crippen LogP contribution is -2.14. The number of nitrogens with one attached hydrogen (secondary N) is 1. The van der Waals surface area contributed by atoms with Crippen molar-refractivity contribution < 1.29 is 8.42 Å². The van der Waals surface area contributed by atoms with Gasteiger partial charge in [0.25, 0.3) is 10.0 Å². The van der Waals surface area contributed by atoms with Gasteiger partial charge in [-0.15, -0.1) is 0 Å². The van der Waals surface area contributed by atoms with Crippen LogP contribution in [0.2, 0.25) is 5.15 Å². The normalized spacial score (nSPS) is 11.8. The molecule has 0 aliphatic rings. The molecule has 0 aliphatic heterocycles. The van der Waals surface area contributed by atoms with Gasteiger partial charge in [-0.1, -0.05) is 29.8 Å². The maximum atomic E-state index is 12.6. The van der Waals surface area contributed by atoms with Crippen LogP contribution in [-0.2, 0) is 17.1 Å². The molecule has 22 heavy (non-hydrogen) atoms. The molecule has 2 aromatic heterocycles. The van der Waals surface area contributed by atoms with Crippen molar-refractivity contribution in [2.75, 3.05) is 4.72 Å². The largest absolute Gasteiger partial charge is 0.277 e. The number of fused-ring (bicyclic) bond motifs is 1. The number of benzene rings is 1. The molecule has 0 bridgehead atoms. The second-order valence-corrected chi connectivity index (χ2v) is 6.79. The number of halogens is 1. The highest BCUT2D eigenvalue weighted by atomic mass is 35.5. The number of rotatable bonds is 3. The predicted octanol–water partition coefficient (Wildman–Crippen LogP) is 2.73. The lowest BCUT2D eigenvalue weighted by molar-refractivity contribution is 0.600. The Morgan fingerprint density at radius 1 is 1.23 bits per heavy atom. The summed E-state index contributed by atoms with van der Waals surface area (Å²) in [6.07, 6.45) is 1.61. The second-order valence-electron chi connectivity index (χ2n) is 4.82. The van der Waals surface area contributed by atoms with Crippen molar-refractivity contribution in [3.8, 4) is 0 Å². The van der Waals surface area contributed by atoms with E-state index in [0.29, 0.717) is 16.9 Å². The summed E-state index contributed by atoms with van der Waals surface area (Å²) in [6, 6.07) is 8.94. The van der Waals surface area contributed by atoms with Crippen LogP contribution in [0.3, 0.4) is 0 Å². The number of aromatic nitrogens is 3. The molecule has 2 heterocycles. The molecule has 0 saturated carbocycles. The predicted molar refractivity (Wildman–Crippen MR) is 85.5 cm³/mol. The summed E-state index contributed by atoms with van der Waals surface area (Å²) >= 11 is 6.05. The first-order chi connectivity index (χ1) is 10.4. The van der Waals surface area contributed by atoms with E-state index >= 15 is 0 Å². The second kappa shape index (κ2) is 5.26. The molecule has 1 aromatic carbocycles. The smallest absolute Gasteiger partial charge is 0.266 e. The summed E-state index contributed by atoms with van der Waals surface area (Å²) in [4.78, 5) is 4.20. The summed E-state index contributed by atoms with van der Waals surface area (Å²) in [5.41, 5.74) is 1.32. The van der Waals surface area contributed by atoms with Gasteiger partial charge < -0.3 is 0 Å². The first kappa shape index (κ1) is 14.8. The van der Waals surface area contributed by atoms with E-state index in [-0.39, 0.29) is 10.0 Å². The average Bonchev–Trinajstić information content (AvgIpc) is 2.72. The third-order valence-corrected chi connectivity index (χ3v) is 5.31. The Bertz CT molecular complexity index is 961. The Morgan fingerprint density at radius 2 is 1.95 bits per heavy atom. The lowest BCUT2D eigenvalue weighted by atomic mass is 10.2. The molecule has 0 unspecified atom stereocenters. The zero-order valence-corrected chi connectivity index (χ0v) is 13.5. The van der Waals surface area contributed by atoms with Crippen LogP contribution in [0.5, 0.6) is 0 Å². The molecule has 1 N–H and O–H groups in total. The van der Waals surface area contributed by atoms with Crippen molar-refractivity contribution >= 4 is 38.2 Å². The number of aryl methyl sites for hydroxylation is 2. The number of para-hydroxylation sites is 1. The van der Waals surface area contributed by atoms with Crippen molar-refractivity contribution in [3.05, 3.63) is 47.4 Å². The van der Waals surface area contributed by atoms with E-state index in [4.69, 9.17) is 11.6 Å². The van der Waals surface area contributed by atoms with Crippen LogP contribution in [0.4, 0.5) is 5.69 Å². The standard InChI is InChI=1S/C14H13ClN4O2S/c1-9-13(14(15)19(2)17-9)22(20,21)18-11-7-3-5-10-6-4-8-16-12(10)11/h3-8,18H,1-2H3. The monoisotopic (exact) mass is 336 g/mol. The molecule has 0 amide bonds. The topological polar surface area (TPSA) is 76.9 Å². The molecule has 0 aliphatic carbocycles. The quantitative estimate of drug-likeness (QED) is 0.797. The highest BCUT2D eigenvalue weighted by Crippen LogP contribution is 2.28. The Balaban J connectivity index is 2.11. The van der Waals surface area contributed by atoms with Gasteiger partial charge >= 0.3 is 0 Å². The number of nitrogens with zero attached hydrogens (tertiary/aromatic N) is 3. The maximum absolute atomic E-state index is 12.6. The molecule has 0 spiro atoms. The molecule has 3 aromatic rings.